The second kappa shape index (κ2) is 11.5. The van der Waals surface area contributed by atoms with Gasteiger partial charge in [-0.1, -0.05) is 11.6 Å². The van der Waals surface area contributed by atoms with Gasteiger partial charge in [-0.3, -0.25) is 19.8 Å². The van der Waals surface area contributed by atoms with Crippen molar-refractivity contribution in [2.45, 2.75) is 19.6 Å². The molecule has 2 heterocycles. The van der Waals surface area contributed by atoms with Gasteiger partial charge in [-0.15, -0.1) is 0 Å². The van der Waals surface area contributed by atoms with Crippen LogP contribution in [0.4, 0.5) is 30.2 Å². The summed E-state index contributed by atoms with van der Waals surface area (Å²) in [6, 6.07) is 17.2. The zero-order chi connectivity index (χ0) is 29.1. The van der Waals surface area contributed by atoms with Gasteiger partial charge in [-0.05, 0) is 61.5 Å². The second-order valence-electron chi connectivity index (χ2n) is 9.84. The molecule has 3 aromatic carbocycles. The van der Waals surface area contributed by atoms with Crippen molar-refractivity contribution in [3.05, 3.63) is 93.7 Å². The summed E-state index contributed by atoms with van der Waals surface area (Å²) in [5.74, 6) is 1.17. The first-order valence-electron chi connectivity index (χ1n) is 12.9. The van der Waals surface area contributed by atoms with Gasteiger partial charge in [0.1, 0.15) is 22.7 Å². The van der Waals surface area contributed by atoms with Crippen molar-refractivity contribution in [3.63, 3.8) is 0 Å². The quantitative estimate of drug-likeness (QED) is 0.201. The highest BCUT2D eigenvalue weighted by Crippen LogP contribution is 2.38. The topological polar surface area (TPSA) is 101 Å². The Morgan fingerprint density at radius 1 is 1.00 bits per heavy atom. The number of amides is 1. The molecule has 0 bridgehead atoms. The molecule has 4 aromatic rings. The fourth-order valence-electron chi connectivity index (χ4n) is 4.71. The molecule has 0 radical (unpaired) electrons. The van der Waals surface area contributed by atoms with Gasteiger partial charge < -0.3 is 19.4 Å². The van der Waals surface area contributed by atoms with Crippen LogP contribution in [-0.2, 0) is 17.5 Å². The fraction of sp³-hybridized carbons (Fsp3) is 0.276. The summed E-state index contributed by atoms with van der Waals surface area (Å²) in [5.41, 5.74) is 0.178. The maximum Gasteiger partial charge on any atom is 0.423 e. The van der Waals surface area contributed by atoms with E-state index in [1.54, 1.807) is 29.2 Å². The number of alkyl halides is 3. The molecule has 0 aliphatic carbocycles. The van der Waals surface area contributed by atoms with Crippen LogP contribution in [0.3, 0.4) is 0 Å². The maximum atomic E-state index is 13.2. The van der Waals surface area contributed by atoms with E-state index in [-0.39, 0.29) is 18.2 Å². The van der Waals surface area contributed by atoms with Crippen LogP contribution < -0.4 is 10.1 Å². The minimum Gasteiger partial charge on any atom is -0.484 e. The first-order chi connectivity index (χ1) is 19.5. The number of hydrogen-bond acceptors (Lipinski definition) is 7. The molecule has 1 aromatic heterocycles. The molecule has 0 spiro atoms. The standard InChI is InChI=1S/C29H27F3N4O5/c1-19-2-9-27-20(14-19)15-24(41-27)17-34-10-12-35(13-11-34)28(37)18-40-23-6-3-21(4-7-23)33-22-5-8-26(36(38)39)25(16-22)29(30,31)32/h2-9,14-16,33H,10-13,17-18H2,1H3. The first kappa shape index (κ1) is 28.0. The lowest BCUT2D eigenvalue weighted by Gasteiger charge is -2.34. The van der Waals surface area contributed by atoms with E-state index in [4.69, 9.17) is 9.15 Å². The van der Waals surface area contributed by atoms with E-state index in [0.717, 1.165) is 22.8 Å². The Kier molecular flexibility index (Phi) is 7.84. The number of furan rings is 1. The zero-order valence-electron chi connectivity index (χ0n) is 22.1. The smallest absolute Gasteiger partial charge is 0.423 e. The summed E-state index contributed by atoms with van der Waals surface area (Å²) in [5, 5.41) is 14.8. The normalized spacial score (nSPS) is 14.3. The SMILES string of the molecule is Cc1ccc2oc(CN3CCN(C(=O)COc4ccc(Nc5ccc([N+](=O)[O-])c(C(F)(F)F)c5)cc4)CC3)cc2c1. The number of ether oxygens (including phenoxy) is 1. The van der Waals surface area contributed by atoms with Crippen molar-refractivity contribution in [2.24, 2.45) is 0 Å². The predicted octanol–water partition coefficient (Wildman–Crippen LogP) is 6.14. The Bertz CT molecular complexity index is 1560. The molecule has 41 heavy (non-hydrogen) atoms. The van der Waals surface area contributed by atoms with Gasteiger partial charge in [0.15, 0.2) is 6.61 Å². The molecule has 1 saturated heterocycles. The number of halogens is 3. The van der Waals surface area contributed by atoms with Crippen molar-refractivity contribution in [2.75, 3.05) is 38.1 Å². The van der Waals surface area contributed by atoms with Gasteiger partial charge in [-0.25, -0.2) is 0 Å². The van der Waals surface area contributed by atoms with E-state index in [2.05, 4.69) is 22.3 Å². The number of aryl methyl sites for hydroxylation is 1. The van der Waals surface area contributed by atoms with Crippen molar-refractivity contribution in [3.8, 4) is 5.75 Å². The summed E-state index contributed by atoms with van der Waals surface area (Å²) in [7, 11) is 0. The fourth-order valence-corrected chi connectivity index (χ4v) is 4.71. The number of carbonyl (C=O) groups is 1. The summed E-state index contributed by atoms with van der Waals surface area (Å²) in [4.78, 5) is 26.6. The number of fused-ring (bicyclic) bond motifs is 1. The molecule has 9 nitrogen and oxygen atoms in total. The summed E-state index contributed by atoms with van der Waals surface area (Å²) in [6.07, 6.45) is -4.87. The van der Waals surface area contributed by atoms with Crippen LogP contribution in [0, 0.1) is 17.0 Å². The van der Waals surface area contributed by atoms with Crippen LogP contribution in [0.25, 0.3) is 11.0 Å². The Hall–Kier alpha value is -4.58. The van der Waals surface area contributed by atoms with Gasteiger partial charge in [0, 0.05) is 49.0 Å². The van der Waals surface area contributed by atoms with E-state index in [0.29, 0.717) is 50.2 Å². The van der Waals surface area contributed by atoms with Gasteiger partial charge in [0.25, 0.3) is 11.6 Å². The molecule has 0 saturated carbocycles. The van der Waals surface area contributed by atoms with E-state index < -0.39 is 22.4 Å². The highest BCUT2D eigenvalue weighted by molar-refractivity contribution is 5.79. The third kappa shape index (κ3) is 6.77. The molecule has 0 atom stereocenters. The van der Waals surface area contributed by atoms with Crippen LogP contribution in [0.15, 0.2) is 71.1 Å². The molecule has 214 valence electrons. The maximum absolute atomic E-state index is 13.2. The van der Waals surface area contributed by atoms with E-state index in [1.165, 1.54) is 11.6 Å². The van der Waals surface area contributed by atoms with Crippen molar-refractivity contribution in [1.82, 2.24) is 9.80 Å². The first-order valence-corrected chi connectivity index (χ1v) is 12.9. The molecular formula is C29H27F3N4O5. The average molecular weight is 569 g/mol. The number of benzene rings is 3. The third-order valence-electron chi connectivity index (χ3n) is 6.83. The van der Waals surface area contributed by atoms with E-state index >= 15 is 0 Å². The largest absolute Gasteiger partial charge is 0.484 e. The average Bonchev–Trinajstić information content (AvgIpc) is 3.33. The third-order valence-corrected chi connectivity index (χ3v) is 6.83. The highest BCUT2D eigenvalue weighted by atomic mass is 19.4. The Morgan fingerprint density at radius 3 is 2.39 bits per heavy atom. The molecule has 1 N–H and O–H groups in total. The highest BCUT2D eigenvalue weighted by Gasteiger charge is 2.38. The van der Waals surface area contributed by atoms with Crippen molar-refractivity contribution in [1.29, 1.82) is 0 Å². The van der Waals surface area contributed by atoms with Gasteiger partial charge in [0.2, 0.25) is 0 Å². The van der Waals surface area contributed by atoms with Gasteiger partial charge >= 0.3 is 6.18 Å². The van der Waals surface area contributed by atoms with Crippen molar-refractivity contribution < 1.29 is 32.0 Å². The number of rotatable bonds is 8. The zero-order valence-corrected chi connectivity index (χ0v) is 22.1. The number of nitro groups is 1. The Balaban J connectivity index is 1.09. The molecule has 1 aliphatic heterocycles. The lowest BCUT2D eigenvalue weighted by molar-refractivity contribution is -0.388. The number of anilines is 2. The molecule has 12 heteroatoms. The number of carbonyl (C=O) groups excluding carboxylic acids is 1. The van der Waals surface area contributed by atoms with Crippen LogP contribution >= 0.6 is 0 Å². The van der Waals surface area contributed by atoms with Crippen LogP contribution in [0.5, 0.6) is 5.75 Å². The van der Waals surface area contributed by atoms with E-state index in [9.17, 15) is 28.1 Å². The Labute approximate surface area is 233 Å². The molecular weight excluding hydrogens is 541 g/mol. The van der Waals surface area contributed by atoms with Crippen molar-refractivity contribution >= 4 is 33.9 Å². The van der Waals surface area contributed by atoms with Gasteiger partial charge in [0.05, 0.1) is 11.5 Å². The van der Waals surface area contributed by atoms with Crippen LogP contribution in [-0.4, -0.2) is 53.4 Å². The van der Waals surface area contributed by atoms with E-state index in [1.807, 2.05) is 19.1 Å². The summed E-state index contributed by atoms with van der Waals surface area (Å²) >= 11 is 0. The number of piperazine rings is 1. The predicted molar refractivity (Wildman–Crippen MR) is 146 cm³/mol. The number of hydrogen-bond donors (Lipinski definition) is 1. The second-order valence-corrected chi connectivity index (χ2v) is 9.84. The number of nitro benzene ring substituents is 1. The Morgan fingerprint density at radius 2 is 1.71 bits per heavy atom. The molecule has 5 rings (SSSR count). The lowest BCUT2D eigenvalue weighted by atomic mass is 10.1. The van der Waals surface area contributed by atoms with Gasteiger partial charge in [-0.2, -0.15) is 13.2 Å². The minimum absolute atomic E-state index is 0.0429. The molecule has 0 unspecified atom stereocenters. The molecule has 1 fully saturated rings. The number of nitrogens with one attached hydrogen (secondary N) is 1. The lowest BCUT2D eigenvalue weighted by Crippen LogP contribution is -2.49. The monoisotopic (exact) mass is 568 g/mol. The van der Waals surface area contributed by atoms with Crippen LogP contribution in [0.1, 0.15) is 16.9 Å². The minimum atomic E-state index is -4.87. The van der Waals surface area contributed by atoms with Crippen LogP contribution in [0.2, 0.25) is 0 Å². The number of nitrogens with zero attached hydrogens (tertiary/aromatic N) is 3. The summed E-state index contributed by atoms with van der Waals surface area (Å²) in [6.45, 7) is 5.12. The summed E-state index contributed by atoms with van der Waals surface area (Å²) < 4.78 is 51.3. The molecule has 1 aliphatic rings. The molecule has 1 amide bonds.